The number of rotatable bonds is 4. The number of piperazine rings is 1. The van der Waals surface area contributed by atoms with Crippen LogP contribution in [0.5, 0.6) is 0 Å². The predicted molar refractivity (Wildman–Crippen MR) is 77.2 cm³/mol. The molecule has 4 nitrogen and oxygen atoms in total. The van der Waals surface area contributed by atoms with E-state index in [4.69, 9.17) is 11.6 Å². The Balaban J connectivity index is 1.86. The second kappa shape index (κ2) is 7.02. The van der Waals surface area contributed by atoms with Crippen LogP contribution in [0.2, 0.25) is 5.02 Å². The van der Waals surface area contributed by atoms with Crippen molar-refractivity contribution in [2.45, 2.75) is 19.5 Å². The predicted octanol–water partition coefficient (Wildman–Crippen LogP) is 1.39. The highest BCUT2D eigenvalue weighted by Gasteiger charge is 2.22. The second-order valence-corrected chi connectivity index (χ2v) is 5.34. The molecular formula is C14H19ClFN3O. The minimum Gasteiger partial charge on any atom is -0.351 e. The molecule has 0 bridgehead atoms. The molecule has 1 aliphatic heterocycles. The number of amides is 1. The third kappa shape index (κ3) is 3.91. The fraction of sp³-hybridized carbons (Fsp3) is 0.500. The first-order chi connectivity index (χ1) is 9.58. The van der Waals surface area contributed by atoms with Gasteiger partial charge in [-0.25, -0.2) is 4.39 Å². The first kappa shape index (κ1) is 15.2. The molecule has 20 heavy (non-hydrogen) atoms. The van der Waals surface area contributed by atoms with E-state index < -0.39 is 5.82 Å². The summed E-state index contributed by atoms with van der Waals surface area (Å²) in [5, 5.41) is 6.19. The van der Waals surface area contributed by atoms with Gasteiger partial charge in [0.05, 0.1) is 11.1 Å². The molecule has 0 saturated carbocycles. The topological polar surface area (TPSA) is 44.4 Å². The number of nitrogens with zero attached hydrogens (tertiary/aromatic N) is 1. The van der Waals surface area contributed by atoms with Crippen molar-refractivity contribution in [2.75, 3.05) is 26.2 Å². The fourth-order valence-electron chi connectivity index (χ4n) is 2.22. The molecule has 1 unspecified atom stereocenters. The number of hydrogen-bond donors (Lipinski definition) is 2. The average Bonchev–Trinajstić information content (AvgIpc) is 2.48. The third-order valence-corrected chi connectivity index (χ3v) is 3.82. The van der Waals surface area contributed by atoms with Crippen LogP contribution in [0.3, 0.4) is 0 Å². The van der Waals surface area contributed by atoms with Crippen LogP contribution in [-0.4, -0.2) is 43.0 Å². The number of nitrogens with one attached hydrogen (secondary N) is 2. The Morgan fingerprint density at radius 2 is 2.20 bits per heavy atom. The van der Waals surface area contributed by atoms with E-state index >= 15 is 0 Å². The second-order valence-electron chi connectivity index (χ2n) is 4.93. The van der Waals surface area contributed by atoms with Crippen molar-refractivity contribution in [3.63, 3.8) is 0 Å². The van der Waals surface area contributed by atoms with E-state index in [2.05, 4.69) is 15.5 Å². The van der Waals surface area contributed by atoms with Crippen molar-refractivity contribution in [3.8, 4) is 0 Å². The van der Waals surface area contributed by atoms with E-state index in [1.165, 1.54) is 12.1 Å². The monoisotopic (exact) mass is 299 g/mol. The number of halogens is 2. The standard InChI is InChI=1S/C14H19ClFN3O/c1-10(19-6-4-17-5-7-19)14(20)18-9-11-2-3-13(16)12(15)8-11/h2-3,8,10,17H,4-7,9H2,1H3,(H,18,20). The van der Waals surface area contributed by atoms with Gasteiger partial charge in [0.15, 0.2) is 0 Å². The molecule has 110 valence electrons. The fourth-order valence-corrected chi connectivity index (χ4v) is 2.42. The van der Waals surface area contributed by atoms with Crippen molar-refractivity contribution in [1.29, 1.82) is 0 Å². The normalized spacial score (nSPS) is 17.8. The quantitative estimate of drug-likeness (QED) is 0.883. The lowest BCUT2D eigenvalue weighted by atomic mass is 10.2. The van der Waals surface area contributed by atoms with Crippen molar-refractivity contribution in [1.82, 2.24) is 15.5 Å². The molecule has 0 radical (unpaired) electrons. The molecule has 1 heterocycles. The molecular weight excluding hydrogens is 281 g/mol. The van der Waals surface area contributed by atoms with E-state index in [-0.39, 0.29) is 17.0 Å². The van der Waals surface area contributed by atoms with Gasteiger partial charge in [-0.3, -0.25) is 9.69 Å². The van der Waals surface area contributed by atoms with Gasteiger partial charge < -0.3 is 10.6 Å². The van der Waals surface area contributed by atoms with Crippen molar-refractivity contribution in [3.05, 3.63) is 34.6 Å². The molecule has 1 atom stereocenters. The lowest BCUT2D eigenvalue weighted by molar-refractivity contribution is -0.126. The zero-order valence-electron chi connectivity index (χ0n) is 11.5. The molecule has 1 amide bonds. The average molecular weight is 300 g/mol. The zero-order chi connectivity index (χ0) is 14.5. The van der Waals surface area contributed by atoms with Crippen molar-refractivity contribution >= 4 is 17.5 Å². The van der Waals surface area contributed by atoms with Crippen LogP contribution in [0.1, 0.15) is 12.5 Å². The lowest BCUT2D eigenvalue weighted by Crippen LogP contribution is -2.52. The van der Waals surface area contributed by atoms with E-state index in [0.29, 0.717) is 6.54 Å². The van der Waals surface area contributed by atoms with E-state index in [1.807, 2.05) is 6.92 Å². The summed E-state index contributed by atoms with van der Waals surface area (Å²) in [6, 6.07) is 4.31. The van der Waals surface area contributed by atoms with Gasteiger partial charge in [0.1, 0.15) is 5.82 Å². The van der Waals surface area contributed by atoms with Gasteiger partial charge in [0.25, 0.3) is 0 Å². The Morgan fingerprint density at radius 1 is 1.50 bits per heavy atom. The van der Waals surface area contributed by atoms with Gasteiger partial charge in [-0.2, -0.15) is 0 Å². The Hall–Kier alpha value is -1.17. The van der Waals surface area contributed by atoms with E-state index in [1.54, 1.807) is 6.07 Å². The Labute approximate surface area is 123 Å². The third-order valence-electron chi connectivity index (χ3n) is 3.53. The summed E-state index contributed by atoms with van der Waals surface area (Å²) >= 11 is 5.71. The smallest absolute Gasteiger partial charge is 0.237 e. The van der Waals surface area contributed by atoms with Crippen LogP contribution in [0.25, 0.3) is 0 Å². The molecule has 2 N–H and O–H groups in total. The van der Waals surface area contributed by atoms with Crippen LogP contribution in [0.4, 0.5) is 4.39 Å². The maximum atomic E-state index is 13.0. The molecule has 0 aromatic heterocycles. The first-order valence-corrected chi connectivity index (χ1v) is 7.12. The van der Waals surface area contributed by atoms with Crippen molar-refractivity contribution in [2.24, 2.45) is 0 Å². The summed E-state index contributed by atoms with van der Waals surface area (Å²) in [6.07, 6.45) is 0. The van der Waals surface area contributed by atoms with E-state index in [9.17, 15) is 9.18 Å². The molecule has 0 spiro atoms. The number of carbonyl (C=O) groups is 1. The number of hydrogen-bond acceptors (Lipinski definition) is 3. The highest BCUT2D eigenvalue weighted by molar-refractivity contribution is 6.30. The highest BCUT2D eigenvalue weighted by Crippen LogP contribution is 2.15. The minimum atomic E-state index is -0.448. The molecule has 1 aromatic carbocycles. The maximum absolute atomic E-state index is 13.0. The van der Waals surface area contributed by atoms with Crippen LogP contribution in [0, 0.1) is 5.82 Å². The molecule has 1 aromatic rings. The number of benzene rings is 1. The van der Waals surface area contributed by atoms with Crippen LogP contribution in [-0.2, 0) is 11.3 Å². The van der Waals surface area contributed by atoms with Gasteiger partial charge in [0, 0.05) is 32.7 Å². The maximum Gasteiger partial charge on any atom is 0.237 e. The summed E-state index contributed by atoms with van der Waals surface area (Å²) in [7, 11) is 0. The molecule has 1 fully saturated rings. The molecule has 2 rings (SSSR count). The van der Waals surface area contributed by atoms with Gasteiger partial charge in [0.2, 0.25) is 5.91 Å². The molecule has 6 heteroatoms. The summed E-state index contributed by atoms with van der Waals surface area (Å²) < 4.78 is 13.0. The Kier molecular flexibility index (Phi) is 5.34. The lowest BCUT2D eigenvalue weighted by Gasteiger charge is -2.31. The van der Waals surface area contributed by atoms with E-state index in [0.717, 1.165) is 31.7 Å². The van der Waals surface area contributed by atoms with Crippen LogP contribution in [0.15, 0.2) is 18.2 Å². The minimum absolute atomic E-state index is 0.0210. The SMILES string of the molecule is CC(C(=O)NCc1ccc(F)c(Cl)c1)N1CCNCC1. The summed E-state index contributed by atoms with van der Waals surface area (Å²) in [5.41, 5.74) is 0.789. The Bertz CT molecular complexity index is 477. The molecule has 1 aliphatic rings. The van der Waals surface area contributed by atoms with Gasteiger partial charge in [-0.05, 0) is 24.6 Å². The zero-order valence-corrected chi connectivity index (χ0v) is 12.2. The molecule has 0 aliphatic carbocycles. The first-order valence-electron chi connectivity index (χ1n) is 6.74. The summed E-state index contributed by atoms with van der Waals surface area (Å²) in [5.74, 6) is -0.469. The summed E-state index contributed by atoms with van der Waals surface area (Å²) in [4.78, 5) is 14.2. The number of carbonyl (C=O) groups excluding carboxylic acids is 1. The molecule has 1 saturated heterocycles. The Morgan fingerprint density at radius 3 is 2.85 bits per heavy atom. The van der Waals surface area contributed by atoms with Crippen LogP contribution < -0.4 is 10.6 Å². The van der Waals surface area contributed by atoms with Gasteiger partial charge >= 0.3 is 0 Å². The largest absolute Gasteiger partial charge is 0.351 e. The highest BCUT2D eigenvalue weighted by atomic mass is 35.5. The van der Waals surface area contributed by atoms with Crippen LogP contribution >= 0.6 is 11.6 Å². The van der Waals surface area contributed by atoms with Crippen molar-refractivity contribution < 1.29 is 9.18 Å². The van der Waals surface area contributed by atoms with Gasteiger partial charge in [-0.15, -0.1) is 0 Å². The summed E-state index contributed by atoms with van der Waals surface area (Å²) in [6.45, 7) is 5.82. The van der Waals surface area contributed by atoms with Gasteiger partial charge in [-0.1, -0.05) is 17.7 Å².